The van der Waals surface area contributed by atoms with E-state index < -0.39 is 0 Å². The number of rotatable bonds is 4. The quantitative estimate of drug-likeness (QED) is 0.853. The second-order valence-electron chi connectivity index (χ2n) is 3.82. The summed E-state index contributed by atoms with van der Waals surface area (Å²) in [5.74, 6) is 0.918. The number of nitrogens with zero attached hydrogens (tertiary/aromatic N) is 1. The average Bonchev–Trinajstić information content (AvgIpc) is 2.62. The molecule has 2 aromatic rings. The molecule has 1 aromatic heterocycles. The van der Waals surface area contributed by atoms with Crippen LogP contribution in [0.3, 0.4) is 0 Å². The molecule has 0 amide bonds. The molecule has 0 radical (unpaired) electrons. The number of aromatic amines is 1. The molecule has 0 atom stereocenters. The lowest BCUT2D eigenvalue weighted by atomic mass is 10.1. The highest BCUT2D eigenvalue weighted by molar-refractivity contribution is 5.24. The molecule has 1 N–H and O–H groups in total. The summed E-state index contributed by atoms with van der Waals surface area (Å²) in [6.45, 7) is 4.74. The van der Waals surface area contributed by atoms with Crippen molar-refractivity contribution in [2.75, 3.05) is 6.61 Å². The number of hydrogen-bond donors (Lipinski definition) is 1. The molecular formula is C13H16N2O. The van der Waals surface area contributed by atoms with Gasteiger partial charge in [-0.25, -0.2) is 0 Å². The first kappa shape index (κ1) is 10.7. The first-order valence-electron chi connectivity index (χ1n) is 5.45. The van der Waals surface area contributed by atoms with E-state index in [4.69, 9.17) is 4.74 Å². The fourth-order valence-corrected chi connectivity index (χ4v) is 1.73. The highest BCUT2D eigenvalue weighted by Gasteiger charge is 2.05. The van der Waals surface area contributed by atoms with E-state index in [1.807, 2.05) is 44.2 Å². The SMILES string of the molecule is Cc1n[nH]c(C)c1CCOc1ccccc1. The van der Waals surface area contributed by atoms with Crippen molar-refractivity contribution in [2.45, 2.75) is 20.3 Å². The summed E-state index contributed by atoms with van der Waals surface area (Å²) in [5, 5.41) is 7.14. The molecule has 3 heteroatoms. The number of nitrogens with one attached hydrogen (secondary N) is 1. The lowest BCUT2D eigenvalue weighted by Crippen LogP contribution is -2.02. The van der Waals surface area contributed by atoms with E-state index >= 15 is 0 Å². The molecule has 0 saturated carbocycles. The molecule has 1 aromatic carbocycles. The van der Waals surface area contributed by atoms with Gasteiger partial charge in [-0.15, -0.1) is 0 Å². The van der Waals surface area contributed by atoms with E-state index in [0.717, 1.165) is 23.6 Å². The van der Waals surface area contributed by atoms with Crippen molar-refractivity contribution in [1.29, 1.82) is 0 Å². The van der Waals surface area contributed by atoms with Crippen LogP contribution in [0, 0.1) is 13.8 Å². The van der Waals surface area contributed by atoms with Gasteiger partial charge in [-0.05, 0) is 31.5 Å². The summed E-state index contributed by atoms with van der Waals surface area (Å²) in [7, 11) is 0. The summed E-state index contributed by atoms with van der Waals surface area (Å²) < 4.78 is 5.65. The van der Waals surface area contributed by atoms with Gasteiger partial charge in [0.25, 0.3) is 0 Å². The highest BCUT2D eigenvalue weighted by Crippen LogP contribution is 2.12. The van der Waals surface area contributed by atoms with E-state index in [-0.39, 0.29) is 0 Å². The number of hydrogen-bond acceptors (Lipinski definition) is 2. The van der Waals surface area contributed by atoms with Gasteiger partial charge in [0, 0.05) is 12.1 Å². The van der Waals surface area contributed by atoms with E-state index in [2.05, 4.69) is 10.2 Å². The van der Waals surface area contributed by atoms with Crippen LogP contribution >= 0.6 is 0 Å². The predicted octanol–water partition coefficient (Wildman–Crippen LogP) is 2.65. The molecule has 2 rings (SSSR count). The number of aromatic nitrogens is 2. The lowest BCUT2D eigenvalue weighted by molar-refractivity contribution is 0.321. The van der Waals surface area contributed by atoms with Gasteiger partial charge in [-0.3, -0.25) is 5.10 Å². The van der Waals surface area contributed by atoms with Gasteiger partial charge >= 0.3 is 0 Å². The number of aryl methyl sites for hydroxylation is 2. The van der Waals surface area contributed by atoms with Gasteiger partial charge in [-0.2, -0.15) is 5.10 Å². The smallest absolute Gasteiger partial charge is 0.119 e. The maximum absolute atomic E-state index is 5.65. The molecule has 0 spiro atoms. The summed E-state index contributed by atoms with van der Waals surface area (Å²) in [6, 6.07) is 9.87. The van der Waals surface area contributed by atoms with Crippen LogP contribution in [0.2, 0.25) is 0 Å². The maximum atomic E-state index is 5.65. The maximum Gasteiger partial charge on any atom is 0.119 e. The molecule has 0 aliphatic carbocycles. The molecule has 0 saturated heterocycles. The zero-order valence-corrected chi connectivity index (χ0v) is 9.66. The van der Waals surface area contributed by atoms with Crippen molar-refractivity contribution in [3.05, 3.63) is 47.3 Å². The van der Waals surface area contributed by atoms with Crippen molar-refractivity contribution in [3.63, 3.8) is 0 Å². The Morgan fingerprint density at radius 3 is 2.56 bits per heavy atom. The van der Waals surface area contributed by atoms with Crippen LogP contribution in [0.1, 0.15) is 17.0 Å². The molecule has 0 fully saturated rings. The van der Waals surface area contributed by atoms with Gasteiger partial charge in [0.1, 0.15) is 5.75 Å². The Bertz CT molecular complexity index is 429. The third-order valence-electron chi connectivity index (χ3n) is 2.64. The normalized spacial score (nSPS) is 10.4. The Balaban J connectivity index is 1.89. The molecule has 0 aliphatic heterocycles. The fraction of sp³-hybridized carbons (Fsp3) is 0.308. The first-order valence-corrected chi connectivity index (χ1v) is 5.45. The van der Waals surface area contributed by atoms with Crippen molar-refractivity contribution in [1.82, 2.24) is 10.2 Å². The third kappa shape index (κ3) is 2.42. The lowest BCUT2D eigenvalue weighted by Gasteiger charge is -2.05. The Kier molecular flexibility index (Phi) is 3.25. The second kappa shape index (κ2) is 4.84. The van der Waals surface area contributed by atoms with Crippen molar-refractivity contribution >= 4 is 0 Å². The third-order valence-corrected chi connectivity index (χ3v) is 2.64. The summed E-state index contributed by atoms with van der Waals surface area (Å²) in [4.78, 5) is 0. The van der Waals surface area contributed by atoms with Crippen LogP contribution in [0.5, 0.6) is 5.75 Å². The molecular weight excluding hydrogens is 200 g/mol. The fourth-order valence-electron chi connectivity index (χ4n) is 1.73. The minimum atomic E-state index is 0.686. The van der Waals surface area contributed by atoms with Crippen LogP contribution in [-0.2, 0) is 6.42 Å². The molecule has 16 heavy (non-hydrogen) atoms. The highest BCUT2D eigenvalue weighted by atomic mass is 16.5. The van der Waals surface area contributed by atoms with Crippen LogP contribution in [-0.4, -0.2) is 16.8 Å². The molecule has 0 unspecified atom stereocenters. The number of para-hydroxylation sites is 1. The molecule has 0 aliphatic rings. The first-order chi connectivity index (χ1) is 7.77. The number of benzene rings is 1. The largest absolute Gasteiger partial charge is 0.493 e. The predicted molar refractivity (Wildman–Crippen MR) is 63.7 cm³/mol. The van der Waals surface area contributed by atoms with E-state index in [0.29, 0.717) is 6.61 Å². The van der Waals surface area contributed by atoms with Gasteiger partial charge in [0.15, 0.2) is 0 Å². The Labute approximate surface area is 95.5 Å². The van der Waals surface area contributed by atoms with E-state index in [1.165, 1.54) is 5.56 Å². The monoisotopic (exact) mass is 216 g/mol. The Morgan fingerprint density at radius 1 is 1.19 bits per heavy atom. The minimum Gasteiger partial charge on any atom is -0.493 e. The van der Waals surface area contributed by atoms with Crippen molar-refractivity contribution in [2.24, 2.45) is 0 Å². The van der Waals surface area contributed by atoms with Crippen LogP contribution in [0.4, 0.5) is 0 Å². The van der Waals surface area contributed by atoms with E-state index in [1.54, 1.807) is 0 Å². The van der Waals surface area contributed by atoms with Crippen molar-refractivity contribution < 1.29 is 4.74 Å². The summed E-state index contributed by atoms with van der Waals surface area (Å²) >= 11 is 0. The van der Waals surface area contributed by atoms with Gasteiger partial charge in [-0.1, -0.05) is 18.2 Å². The number of H-pyrrole nitrogens is 1. The summed E-state index contributed by atoms with van der Waals surface area (Å²) in [6.07, 6.45) is 0.892. The van der Waals surface area contributed by atoms with Crippen LogP contribution < -0.4 is 4.74 Å². The van der Waals surface area contributed by atoms with Gasteiger partial charge in [0.2, 0.25) is 0 Å². The summed E-state index contributed by atoms with van der Waals surface area (Å²) in [5.41, 5.74) is 3.46. The second-order valence-corrected chi connectivity index (χ2v) is 3.82. The van der Waals surface area contributed by atoms with Crippen molar-refractivity contribution in [3.8, 4) is 5.75 Å². The average molecular weight is 216 g/mol. The zero-order chi connectivity index (χ0) is 11.4. The van der Waals surface area contributed by atoms with Crippen LogP contribution in [0.15, 0.2) is 30.3 Å². The Morgan fingerprint density at radius 2 is 1.94 bits per heavy atom. The molecule has 1 heterocycles. The van der Waals surface area contributed by atoms with Gasteiger partial charge in [0.05, 0.1) is 12.3 Å². The molecule has 0 bridgehead atoms. The van der Waals surface area contributed by atoms with Crippen LogP contribution in [0.25, 0.3) is 0 Å². The molecule has 84 valence electrons. The minimum absolute atomic E-state index is 0.686. The topological polar surface area (TPSA) is 37.9 Å². The zero-order valence-electron chi connectivity index (χ0n) is 9.66. The number of ether oxygens (including phenoxy) is 1. The van der Waals surface area contributed by atoms with Gasteiger partial charge < -0.3 is 4.74 Å². The van der Waals surface area contributed by atoms with E-state index in [9.17, 15) is 0 Å². The molecule has 3 nitrogen and oxygen atoms in total. The standard InChI is InChI=1S/C13H16N2O/c1-10-13(11(2)15-14-10)8-9-16-12-6-4-3-5-7-12/h3-7H,8-9H2,1-2H3,(H,14,15). The Hall–Kier alpha value is -1.77.